The highest BCUT2D eigenvalue weighted by Crippen LogP contribution is 2.22. The Morgan fingerprint density at radius 3 is 1.56 bits per heavy atom. The van der Waals surface area contributed by atoms with Crippen molar-refractivity contribution in [2.45, 2.75) is 61.3 Å². The van der Waals surface area contributed by atoms with Gasteiger partial charge in [-0.1, -0.05) is 61.3 Å². The second kappa shape index (κ2) is 8.60. The molecule has 0 aromatic heterocycles. The second-order valence-corrected chi connectivity index (χ2v) is 5.43. The molecule has 2 nitrogen and oxygen atoms in total. The molecular formula is C14H30O2. The second-order valence-electron chi connectivity index (χ2n) is 5.43. The van der Waals surface area contributed by atoms with Crippen molar-refractivity contribution in [2.24, 2.45) is 17.3 Å². The first-order valence-corrected chi connectivity index (χ1v) is 6.29. The van der Waals surface area contributed by atoms with Crippen LogP contribution in [0.3, 0.4) is 0 Å². The highest BCUT2D eigenvalue weighted by Gasteiger charge is 2.15. The van der Waals surface area contributed by atoms with Gasteiger partial charge >= 0.3 is 5.97 Å². The van der Waals surface area contributed by atoms with E-state index in [1.54, 1.807) is 0 Å². The van der Waals surface area contributed by atoms with Gasteiger partial charge in [0.2, 0.25) is 0 Å². The van der Waals surface area contributed by atoms with Gasteiger partial charge in [-0.2, -0.15) is 0 Å². The molecule has 98 valence electrons. The number of carbonyl (C=O) groups is 1. The standard InChI is InChI=1S/C7H14O2.C7H16/c1-5(2)6(3)7(8)9-4;1-5-7(3,4)6-2/h5-6H,1-4H3;5-6H2,1-4H3. The molecule has 0 spiro atoms. The van der Waals surface area contributed by atoms with E-state index in [0.29, 0.717) is 11.3 Å². The van der Waals surface area contributed by atoms with Gasteiger partial charge in [0.25, 0.3) is 0 Å². The van der Waals surface area contributed by atoms with E-state index < -0.39 is 0 Å². The lowest BCUT2D eigenvalue weighted by Crippen LogP contribution is -2.17. The van der Waals surface area contributed by atoms with Crippen LogP contribution in [0.2, 0.25) is 0 Å². The normalized spacial score (nSPS) is 12.8. The van der Waals surface area contributed by atoms with Crippen LogP contribution in [0.15, 0.2) is 0 Å². The van der Waals surface area contributed by atoms with E-state index in [1.807, 2.05) is 20.8 Å². The Balaban J connectivity index is 0. The van der Waals surface area contributed by atoms with Gasteiger partial charge in [0.1, 0.15) is 0 Å². The van der Waals surface area contributed by atoms with Gasteiger partial charge in [0, 0.05) is 0 Å². The number of hydrogen-bond acceptors (Lipinski definition) is 2. The molecule has 0 aliphatic heterocycles. The average molecular weight is 230 g/mol. The largest absolute Gasteiger partial charge is 0.469 e. The van der Waals surface area contributed by atoms with Crippen LogP contribution < -0.4 is 0 Å². The fourth-order valence-corrected chi connectivity index (χ4v) is 0.708. The number of esters is 1. The van der Waals surface area contributed by atoms with E-state index in [1.165, 1.54) is 20.0 Å². The Kier molecular flexibility index (Phi) is 9.60. The van der Waals surface area contributed by atoms with E-state index in [0.717, 1.165) is 0 Å². The molecule has 0 amide bonds. The third-order valence-corrected chi connectivity index (χ3v) is 3.49. The topological polar surface area (TPSA) is 26.3 Å². The molecule has 1 atom stereocenters. The molecule has 0 aliphatic carbocycles. The molecule has 2 heteroatoms. The fraction of sp³-hybridized carbons (Fsp3) is 0.929. The average Bonchev–Trinajstić information content (AvgIpc) is 2.27. The SMILES string of the molecule is CCC(C)(C)CC.COC(=O)C(C)C(C)C. The Bertz CT molecular complexity index is 177. The van der Waals surface area contributed by atoms with Crippen molar-refractivity contribution >= 4 is 5.97 Å². The van der Waals surface area contributed by atoms with Crippen molar-refractivity contribution in [2.75, 3.05) is 7.11 Å². The molecule has 0 saturated heterocycles. The summed E-state index contributed by atoms with van der Waals surface area (Å²) in [5.74, 6) is 0.275. The van der Waals surface area contributed by atoms with Crippen LogP contribution in [-0.2, 0) is 9.53 Å². The predicted molar refractivity (Wildman–Crippen MR) is 70.4 cm³/mol. The van der Waals surface area contributed by atoms with Crippen LogP contribution in [0, 0.1) is 17.3 Å². The lowest BCUT2D eigenvalue weighted by Gasteiger charge is -2.18. The Morgan fingerprint density at radius 1 is 1.12 bits per heavy atom. The van der Waals surface area contributed by atoms with Gasteiger partial charge in [-0.25, -0.2) is 0 Å². The maximum absolute atomic E-state index is 10.7. The lowest BCUT2D eigenvalue weighted by atomic mass is 9.88. The summed E-state index contributed by atoms with van der Waals surface area (Å²) in [4.78, 5) is 10.7. The van der Waals surface area contributed by atoms with Crippen molar-refractivity contribution < 1.29 is 9.53 Å². The Morgan fingerprint density at radius 2 is 1.50 bits per heavy atom. The maximum Gasteiger partial charge on any atom is 0.308 e. The van der Waals surface area contributed by atoms with E-state index >= 15 is 0 Å². The number of methoxy groups -OCH3 is 1. The molecule has 0 aromatic carbocycles. The molecule has 0 N–H and O–H groups in total. The van der Waals surface area contributed by atoms with Crippen molar-refractivity contribution in [1.29, 1.82) is 0 Å². The van der Waals surface area contributed by atoms with E-state index in [4.69, 9.17) is 0 Å². The number of rotatable bonds is 4. The zero-order valence-corrected chi connectivity index (χ0v) is 12.4. The molecule has 1 unspecified atom stereocenters. The van der Waals surface area contributed by atoms with Crippen molar-refractivity contribution in [1.82, 2.24) is 0 Å². The van der Waals surface area contributed by atoms with E-state index in [2.05, 4.69) is 32.4 Å². The van der Waals surface area contributed by atoms with E-state index in [9.17, 15) is 4.79 Å². The number of carbonyl (C=O) groups excluding carboxylic acids is 1. The molecule has 0 aliphatic rings. The molecule has 0 bridgehead atoms. The van der Waals surface area contributed by atoms with Gasteiger partial charge in [0.15, 0.2) is 0 Å². The van der Waals surface area contributed by atoms with Crippen LogP contribution in [-0.4, -0.2) is 13.1 Å². The summed E-state index contributed by atoms with van der Waals surface area (Å²) in [6.07, 6.45) is 2.59. The zero-order chi connectivity index (χ0) is 13.4. The van der Waals surface area contributed by atoms with Gasteiger partial charge in [-0.05, 0) is 11.3 Å². The minimum atomic E-state index is -0.120. The summed E-state index contributed by atoms with van der Waals surface area (Å²) in [5.41, 5.74) is 0.583. The molecule has 0 rings (SSSR count). The quantitative estimate of drug-likeness (QED) is 0.674. The predicted octanol–water partition coefficient (Wildman–Crippen LogP) is 4.28. The maximum atomic E-state index is 10.7. The highest BCUT2D eigenvalue weighted by molar-refractivity contribution is 5.71. The number of ether oxygens (including phenoxy) is 1. The monoisotopic (exact) mass is 230 g/mol. The van der Waals surface area contributed by atoms with Gasteiger partial charge in [-0.15, -0.1) is 0 Å². The first kappa shape index (κ1) is 17.9. The fourth-order valence-electron chi connectivity index (χ4n) is 0.708. The summed E-state index contributed by atoms with van der Waals surface area (Å²) in [5, 5.41) is 0. The van der Waals surface area contributed by atoms with Crippen LogP contribution in [0.1, 0.15) is 61.3 Å². The highest BCUT2D eigenvalue weighted by atomic mass is 16.5. The molecule has 16 heavy (non-hydrogen) atoms. The molecule has 0 aromatic rings. The molecule has 0 saturated carbocycles. The first-order valence-electron chi connectivity index (χ1n) is 6.29. The van der Waals surface area contributed by atoms with Crippen LogP contribution in [0.25, 0.3) is 0 Å². The van der Waals surface area contributed by atoms with Crippen LogP contribution >= 0.6 is 0 Å². The summed E-state index contributed by atoms with van der Waals surface area (Å²) in [6.45, 7) is 15.0. The third-order valence-electron chi connectivity index (χ3n) is 3.49. The van der Waals surface area contributed by atoms with Crippen LogP contribution in [0.4, 0.5) is 0 Å². The van der Waals surface area contributed by atoms with Crippen molar-refractivity contribution in [3.8, 4) is 0 Å². The van der Waals surface area contributed by atoms with Gasteiger partial charge < -0.3 is 4.74 Å². The Labute approximate surface area is 102 Å². The molecule has 0 radical (unpaired) electrons. The molecule has 0 heterocycles. The van der Waals surface area contributed by atoms with Crippen molar-refractivity contribution in [3.05, 3.63) is 0 Å². The molecule has 0 fully saturated rings. The van der Waals surface area contributed by atoms with Gasteiger partial charge in [-0.3, -0.25) is 4.79 Å². The summed E-state index contributed by atoms with van der Waals surface area (Å²) in [6, 6.07) is 0. The van der Waals surface area contributed by atoms with Crippen LogP contribution in [0.5, 0.6) is 0 Å². The summed E-state index contributed by atoms with van der Waals surface area (Å²) >= 11 is 0. The summed E-state index contributed by atoms with van der Waals surface area (Å²) in [7, 11) is 1.42. The zero-order valence-electron chi connectivity index (χ0n) is 12.4. The third kappa shape index (κ3) is 8.75. The van der Waals surface area contributed by atoms with Crippen molar-refractivity contribution in [3.63, 3.8) is 0 Å². The lowest BCUT2D eigenvalue weighted by molar-refractivity contribution is -0.146. The van der Waals surface area contributed by atoms with E-state index in [-0.39, 0.29) is 11.9 Å². The first-order chi connectivity index (χ1) is 7.21. The number of hydrogen-bond donors (Lipinski definition) is 0. The minimum Gasteiger partial charge on any atom is -0.469 e. The summed E-state index contributed by atoms with van der Waals surface area (Å²) < 4.78 is 4.53. The Hall–Kier alpha value is -0.530. The minimum absolute atomic E-state index is 0.0231. The van der Waals surface area contributed by atoms with Gasteiger partial charge in [0.05, 0.1) is 13.0 Å². The smallest absolute Gasteiger partial charge is 0.308 e. The molecular weight excluding hydrogens is 200 g/mol.